The molecular formula is C14H10N4O2S. The zero-order chi connectivity index (χ0) is 14.8. The highest BCUT2D eigenvalue weighted by Gasteiger charge is 2.12. The topological polar surface area (TPSA) is 84.7 Å². The minimum Gasteiger partial charge on any atom is -0.334 e. The molecule has 3 rings (SSSR count). The molecule has 3 heterocycles. The van der Waals surface area contributed by atoms with Crippen molar-refractivity contribution in [3.63, 3.8) is 0 Å². The second kappa shape index (κ2) is 5.34. The van der Waals surface area contributed by atoms with Crippen LogP contribution in [-0.2, 0) is 6.54 Å². The van der Waals surface area contributed by atoms with E-state index in [1.807, 2.05) is 22.9 Å². The van der Waals surface area contributed by atoms with Crippen LogP contribution in [0.3, 0.4) is 0 Å². The molecular weight excluding hydrogens is 288 g/mol. The quantitative estimate of drug-likeness (QED) is 0.740. The highest BCUT2D eigenvalue weighted by Crippen LogP contribution is 2.19. The first-order valence-corrected chi connectivity index (χ1v) is 7.08. The Morgan fingerprint density at radius 2 is 2.33 bits per heavy atom. The molecule has 0 aromatic carbocycles. The molecule has 0 bridgehead atoms. The predicted octanol–water partition coefficient (Wildman–Crippen LogP) is 2.19. The highest BCUT2D eigenvalue weighted by molar-refractivity contribution is 7.08. The lowest BCUT2D eigenvalue weighted by Gasteiger charge is -2.03. The summed E-state index contributed by atoms with van der Waals surface area (Å²) < 4.78 is 6.56. The van der Waals surface area contributed by atoms with E-state index in [4.69, 9.17) is 9.78 Å². The Bertz CT molecular complexity index is 871. The molecule has 3 aromatic rings. The Labute approximate surface area is 123 Å². The normalized spacial score (nSPS) is 10.5. The van der Waals surface area contributed by atoms with Crippen LogP contribution in [0.5, 0.6) is 0 Å². The average molecular weight is 298 g/mol. The van der Waals surface area contributed by atoms with Crippen LogP contribution >= 0.6 is 11.3 Å². The van der Waals surface area contributed by atoms with E-state index in [1.54, 1.807) is 19.2 Å². The third-order valence-corrected chi connectivity index (χ3v) is 3.72. The van der Waals surface area contributed by atoms with Gasteiger partial charge in [-0.05, 0) is 30.0 Å². The average Bonchev–Trinajstić information content (AvgIpc) is 3.13. The fraction of sp³-hybridized carbons (Fsp3) is 0.143. The van der Waals surface area contributed by atoms with E-state index in [1.165, 1.54) is 15.9 Å². The fourth-order valence-corrected chi connectivity index (χ4v) is 2.53. The molecule has 6 nitrogen and oxygen atoms in total. The van der Waals surface area contributed by atoms with Crippen molar-refractivity contribution < 1.29 is 4.52 Å². The van der Waals surface area contributed by atoms with Crippen molar-refractivity contribution in [2.24, 2.45) is 0 Å². The Morgan fingerprint density at radius 3 is 3.05 bits per heavy atom. The van der Waals surface area contributed by atoms with Gasteiger partial charge < -0.3 is 9.09 Å². The van der Waals surface area contributed by atoms with Crippen molar-refractivity contribution in [1.82, 2.24) is 14.7 Å². The van der Waals surface area contributed by atoms with Crippen molar-refractivity contribution in [2.75, 3.05) is 0 Å². The highest BCUT2D eigenvalue weighted by atomic mass is 32.1. The van der Waals surface area contributed by atoms with Gasteiger partial charge in [0, 0.05) is 11.6 Å². The molecule has 0 unspecified atom stereocenters. The molecule has 21 heavy (non-hydrogen) atoms. The van der Waals surface area contributed by atoms with Gasteiger partial charge in [-0.25, -0.2) is 0 Å². The molecule has 0 spiro atoms. The summed E-state index contributed by atoms with van der Waals surface area (Å²) in [5.74, 6) is 0.818. The smallest absolute Gasteiger partial charge is 0.269 e. The van der Waals surface area contributed by atoms with E-state index in [9.17, 15) is 4.79 Å². The molecule has 0 radical (unpaired) electrons. The summed E-state index contributed by atoms with van der Waals surface area (Å²) in [6.45, 7) is 1.90. The lowest BCUT2D eigenvalue weighted by atomic mass is 10.2. The maximum Gasteiger partial charge on any atom is 0.269 e. The Balaban J connectivity index is 1.92. The molecule has 3 aromatic heterocycles. The molecule has 0 aliphatic heterocycles. The lowest BCUT2D eigenvalue weighted by Crippen LogP contribution is -2.23. The van der Waals surface area contributed by atoms with E-state index in [2.05, 4.69) is 10.1 Å². The fourth-order valence-electron chi connectivity index (χ4n) is 1.90. The largest absolute Gasteiger partial charge is 0.334 e. The zero-order valence-corrected chi connectivity index (χ0v) is 11.9. The van der Waals surface area contributed by atoms with E-state index in [0.717, 1.165) is 5.56 Å². The first-order chi connectivity index (χ1) is 10.2. The van der Waals surface area contributed by atoms with Gasteiger partial charge in [-0.2, -0.15) is 21.6 Å². The van der Waals surface area contributed by atoms with Crippen LogP contribution in [0.2, 0.25) is 0 Å². The van der Waals surface area contributed by atoms with Crippen LogP contribution in [0.25, 0.3) is 11.5 Å². The monoisotopic (exact) mass is 298 g/mol. The molecule has 0 aliphatic rings. The van der Waals surface area contributed by atoms with Crippen LogP contribution in [0.1, 0.15) is 17.0 Å². The van der Waals surface area contributed by atoms with Crippen LogP contribution in [0, 0.1) is 18.3 Å². The maximum absolute atomic E-state index is 12.1. The molecule has 0 aliphatic carbocycles. The number of aryl methyl sites for hydroxylation is 1. The van der Waals surface area contributed by atoms with Gasteiger partial charge in [-0.15, -0.1) is 0 Å². The SMILES string of the molecule is Cc1ccn(Cc2noc(-c3ccsc3)n2)c(=O)c1C#N. The molecule has 0 saturated carbocycles. The molecule has 0 fully saturated rings. The van der Waals surface area contributed by atoms with Crippen molar-refractivity contribution in [3.8, 4) is 17.5 Å². The zero-order valence-electron chi connectivity index (χ0n) is 11.1. The van der Waals surface area contributed by atoms with Gasteiger partial charge in [0.25, 0.3) is 11.4 Å². The third kappa shape index (κ3) is 2.49. The van der Waals surface area contributed by atoms with Crippen LogP contribution in [-0.4, -0.2) is 14.7 Å². The predicted molar refractivity (Wildman–Crippen MR) is 76.9 cm³/mol. The van der Waals surface area contributed by atoms with Crippen molar-refractivity contribution in [2.45, 2.75) is 13.5 Å². The van der Waals surface area contributed by atoms with E-state index >= 15 is 0 Å². The van der Waals surface area contributed by atoms with E-state index in [-0.39, 0.29) is 17.7 Å². The van der Waals surface area contributed by atoms with Gasteiger partial charge in [0.2, 0.25) is 0 Å². The number of nitrogens with zero attached hydrogens (tertiary/aromatic N) is 4. The number of hydrogen-bond donors (Lipinski definition) is 0. The molecule has 104 valence electrons. The molecule has 7 heteroatoms. The Hall–Kier alpha value is -2.72. The van der Waals surface area contributed by atoms with Gasteiger partial charge in [-0.1, -0.05) is 5.16 Å². The number of nitriles is 1. The summed E-state index contributed by atoms with van der Waals surface area (Å²) >= 11 is 1.54. The summed E-state index contributed by atoms with van der Waals surface area (Å²) in [5, 5.41) is 16.7. The van der Waals surface area contributed by atoms with Gasteiger partial charge in [0.1, 0.15) is 11.6 Å². The van der Waals surface area contributed by atoms with Gasteiger partial charge in [0.05, 0.1) is 12.1 Å². The number of thiophene rings is 1. The van der Waals surface area contributed by atoms with E-state index in [0.29, 0.717) is 17.3 Å². The molecule has 0 atom stereocenters. The standard InChI is InChI=1S/C14H10N4O2S/c1-9-2-4-18(14(19)11(9)6-15)7-12-16-13(20-17-12)10-3-5-21-8-10/h2-5,8H,7H2,1H3. The first-order valence-electron chi connectivity index (χ1n) is 6.14. The first kappa shape index (κ1) is 13.3. The minimum atomic E-state index is -0.348. The minimum absolute atomic E-state index is 0.138. The summed E-state index contributed by atoms with van der Waals surface area (Å²) in [5.41, 5.74) is 1.30. The number of pyridine rings is 1. The van der Waals surface area contributed by atoms with Gasteiger partial charge in [-0.3, -0.25) is 4.79 Å². The maximum atomic E-state index is 12.1. The number of rotatable bonds is 3. The Kier molecular flexibility index (Phi) is 3.38. The second-order valence-electron chi connectivity index (χ2n) is 4.45. The third-order valence-electron chi connectivity index (χ3n) is 3.03. The van der Waals surface area contributed by atoms with Crippen molar-refractivity contribution >= 4 is 11.3 Å². The van der Waals surface area contributed by atoms with E-state index < -0.39 is 0 Å². The summed E-state index contributed by atoms with van der Waals surface area (Å²) in [6.07, 6.45) is 1.62. The van der Waals surface area contributed by atoms with Crippen LogP contribution in [0.15, 0.2) is 38.4 Å². The molecule has 0 saturated heterocycles. The Morgan fingerprint density at radius 1 is 1.48 bits per heavy atom. The van der Waals surface area contributed by atoms with Gasteiger partial charge >= 0.3 is 0 Å². The second-order valence-corrected chi connectivity index (χ2v) is 5.23. The lowest BCUT2D eigenvalue weighted by molar-refractivity contribution is 0.420. The van der Waals surface area contributed by atoms with Crippen molar-refractivity contribution in [3.05, 3.63) is 56.4 Å². The van der Waals surface area contributed by atoms with Crippen molar-refractivity contribution in [1.29, 1.82) is 5.26 Å². The summed E-state index contributed by atoms with van der Waals surface area (Å²) in [7, 11) is 0. The summed E-state index contributed by atoms with van der Waals surface area (Å²) in [4.78, 5) is 16.4. The van der Waals surface area contributed by atoms with Crippen LogP contribution < -0.4 is 5.56 Å². The van der Waals surface area contributed by atoms with Crippen LogP contribution in [0.4, 0.5) is 0 Å². The number of hydrogen-bond acceptors (Lipinski definition) is 6. The molecule has 0 amide bonds. The molecule has 0 N–H and O–H groups in total. The summed E-state index contributed by atoms with van der Waals surface area (Å²) in [6, 6.07) is 5.53. The van der Waals surface area contributed by atoms with Gasteiger partial charge in [0.15, 0.2) is 5.82 Å². The number of aromatic nitrogens is 3.